The molecule has 0 fully saturated rings. The van der Waals surface area contributed by atoms with Gasteiger partial charge in [0.05, 0.1) is 5.80 Å². The molecule has 0 aromatic heterocycles. The Balaban J connectivity index is 2.04. The molecule has 1 aliphatic rings. The molecule has 0 saturated heterocycles. The van der Waals surface area contributed by atoms with Crippen LogP contribution in [0.3, 0.4) is 0 Å². The molecule has 0 amide bonds. The molecule has 3 aromatic rings. The summed E-state index contributed by atoms with van der Waals surface area (Å²) in [5.41, 5.74) is 12.7. The number of benzene rings is 3. The van der Waals surface area contributed by atoms with Crippen LogP contribution in [0.25, 0.3) is 22.3 Å². The van der Waals surface area contributed by atoms with E-state index in [0.29, 0.717) is 5.92 Å². The Hall–Kier alpha value is -2.17. The smallest absolute Gasteiger partial charge is 0.0625 e. The van der Waals surface area contributed by atoms with Gasteiger partial charge in [0.1, 0.15) is 19.0 Å². The highest BCUT2D eigenvalue weighted by Crippen LogP contribution is 2.40. The Morgan fingerprint density at radius 2 is 1.28 bits per heavy atom. The van der Waals surface area contributed by atoms with Crippen molar-refractivity contribution in [2.24, 2.45) is 5.92 Å². The Labute approximate surface area is 196 Å². The third-order valence-corrected chi connectivity index (χ3v) is 9.14. The van der Waals surface area contributed by atoms with Crippen molar-refractivity contribution in [3.05, 3.63) is 76.3 Å². The van der Waals surface area contributed by atoms with E-state index in [9.17, 15) is 0 Å². The van der Waals surface area contributed by atoms with Gasteiger partial charge in [0.2, 0.25) is 0 Å². The minimum Gasteiger partial charge on any atom is -0.0625 e. The lowest BCUT2D eigenvalue weighted by Gasteiger charge is -2.21. The lowest BCUT2D eigenvalue weighted by Crippen LogP contribution is -2.10. The molecule has 166 valence electrons. The van der Waals surface area contributed by atoms with Gasteiger partial charge in [-0.15, -0.1) is 0 Å². The fourth-order valence-electron chi connectivity index (χ4n) is 5.16. The van der Waals surface area contributed by atoms with Gasteiger partial charge in [0.15, 0.2) is 0 Å². The summed E-state index contributed by atoms with van der Waals surface area (Å²) >= 11 is 0. The molecule has 0 bridgehead atoms. The van der Waals surface area contributed by atoms with E-state index in [2.05, 4.69) is 95.9 Å². The lowest BCUT2D eigenvalue weighted by atomic mass is 9.84. The standard InChI is InChI=1S/C31H38P/c1-21(2)16-29-30(27-12-10-22(3)17-24(27)5)19-26(32-14-8-7-9-15-32)20-31(29)28-13-11-23(4)18-25(28)6/h10-14,17-21H,7-9,15-16H2,1-6H3/q+1. The van der Waals surface area contributed by atoms with E-state index in [1.807, 2.05) is 0 Å². The quantitative estimate of drug-likeness (QED) is 0.348. The SMILES string of the molecule is Cc1ccc(-c2cc([P+]3=CCCCC3)cc(-c3ccc(C)cc3C)c2CC(C)C)c(C)c1. The number of hydrogen-bond acceptors (Lipinski definition) is 0. The van der Waals surface area contributed by atoms with Crippen molar-refractivity contribution in [1.29, 1.82) is 0 Å². The molecule has 0 aliphatic carbocycles. The third-order valence-electron chi connectivity index (χ3n) is 6.73. The highest BCUT2D eigenvalue weighted by atomic mass is 31.1. The highest BCUT2D eigenvalue weighted by molar-refractivity contribution is 7.65. The second kappa shape index (κ2) is 9.76. The zero-order valence-corrected chi connectivity index (χ0v) is 21.7. The summed E-state index contributed by atoms with van der Waals surface area (Å²) in [6.45, 7) is 13.7. The van der Waals surface area contributed by atoms with Crippen LogP contribution in [-0.4, -0.2) is 12.0 Å². The molecular formula is C31H38P+. The molecule has 4 rings (SSSR count). The largest absolute Gasteiger partial charge is 0.149 e. The Kier molecular flexibility index (Phi) is 7.02. The second-order valence-corrected chi connectivity index (χ2v) is 12.4. The van der Waals surface area contributed by atoms with Gasteiger partial charge in [-0.3, -0.25) is 0 Å². The summed E-state index contributed by atoms with van der Waals surface area (Å²) in [5.74, 6) is 3.25. The summed E-state index contributed by atoms with van der Waals surface area (Å²) in [7, 11) is -0.169. The Bertz CT molecular complexity index is 1090. The number of aryl methyl sites for hydroxylation is 4. The molecule has 1 heteroatoms. The van der Waals surface area contributed by atoms with Crippen molar-refractivity contribution < 1.29 is 0 Å². The van der Waals surface area contributed by atoms with Crippen LogP contribution in [0.15, 0.2) is 48.5 Å². The summed E-state index contributed by atoms with van der Waals surface area (Å²) in [6.07, 6.45) is 6.45. The van der Waals surface area contributed by atoms with Crippen LogP contribution in [0.1, 0.15) is 60.9 Å². The molecule has 1 atom stereocenters. The van der Waals surface area contributed by atoms with Crippen LogP contribution < -0.4 is 5.30 Å². The molecule has 0 nitrogen and oxygen atoms in total. The molecule has 3 aromatic carbocycles. The van der Waals surface area contributed by atoms with Crippen molar-refractivity contribution in [2.75, 3.05) is 6.16 Å². The van der Waals surface area contributed by atoms with Gasteiger partial charge in [-0.2, -0.15) is 0 Å². The van der Waals surface area contributed by atoms with Gasteiger partial charge in [0.25, 0.3) is 0 Å². The molecule has 1 aliphatic heterocycles. The highest BCUT2D eigenvalue weighted by Gasteiger charge is 2.24. The summed E-state index contributed by atoms with van der Waals surface area (Å²) in [5, 5.41) is 1.57. The molecule has 1 heterocycles. The van der Waals surface area contributed by atoms with Crippen LogP contribution in [0.5, 0.6) is 0 Å². The first-order valence-corrected chi connectivity index (χ1v) is 13.8. The van der Waals surface area contributed by atoms with E-state index in [0.717, 1.165) is 6.42 Å². The molecule has 0 radical (unpaired) electrons. The summed E-state index contributed by atoms with van der Waals surface area (Å²) in [6, 6.07) is 19.1. The van der Waals surface area contributed by atoms with Gasteiger partial charge >= 0.3 is 0 Å². The predicted octanol–water partition coefficient (Wildman–Crippen LogP) is 8.55. The zero-order chi connectivity index (χ0) is 22.8. The van der Waals surface area contributed by atoms with E-state index < -0.39 is 0 Å². The molecule has 1 unspecified atom stereocenters. The fourth-order valence-corrected chi connectivity index (χ4v) is 7.46. The van der Waals surface area contributed by atoms with E-state index >= 15 is 0 Å². The zero-order valence-electron chi connectivity index (χ0n) is 20.8. The van der Waals surface area contributed by atoms with Gasteiger partial charge in [-0.1, -0.05) is 61.4 Å². The van der Waals surface area contributed by atoms with E-state index in [-0.39, 0.29) is 7.55 Å². The maximum atomic E-state index is 2.63. The lowest BCUT2D eigenvalue weighted by molar-refractivity contribution is 0.649. The van der Waals surface area contributed by atoms with Crippen molar-refractivity contribution in [3.63, 3.8) is 0 Å². The minimum atomic E-state index is -0.169. The van der Waals surface area contributed by atoms with Gasteiger partial charge in [-0.25, -0.2) is 0 Å². The van der Waals surface area contributed by atoms with Crippen LogP contribution >= 0.6 is 7.55 Å². The van der Waals surface area contributed by atoms with Crippen molar-refractivity contribution >= 4 is 18.6 Å². The minimum absolute atomic E-state index is 0.169. The average molecular weight is 442 g/mol. The maximum Gasteiger partial charge on any atom is 0.149 e. The topological polar surface area (TPSA) is 0 Å². The van der Waals surface area contributed by atoms with Crippen LogP contribution in [0, 0.1) is 33.6 Å². The first-order chi connectivity index (χ1) is 15.3. The van der Waals surface area contributed by atoms with Crippen LogP contribution in [0.2, 0.25) is 0 Å². The summed E-state index contributed by atoms with van der Waals surface area (Å²) in [4.78, 5) is 0. The van der Waals surface area contributed by atoms with Gasteiger partial charge in [-0.05, 0) is 104 Å². The Morgan fingerprint density at radius 3 is 1.72 bits per heavy atom. The predicted molar refractivity (Wildman–Crippen MR) is 146 cm³/mol. The van der Waals surface area contributed by atoms with E-state index in [4.69, 9.17) is 0 Å². The first kappa shape index (κ1) is 23.0. The summed E-state index contributed by atoms with van der Waals surface area (Å²) < 4.78 is 0. The second-order valence-electron chi connectivity index (χ2n) is 10.1. The van der Waals surface area contributed by atoms with Crippen LogP contribution in [0.4, 0.5) is 0 Å². The molecular weight excluding hydrogens is 403 g/mol. The van der Waals surface area contributed by atoms with Crippen LogP contribution in [-0.2, 0) is 6.42 Å². The van der Waals surface area contributed by atoms with Gasteiger partial charge in [0, 0.05) is 6.42 Å². The van der Waals surface area contributed by atoms with Crippen molar-refractivity contribution in [1.82, 2.24) is 0 Å². The monoisotopic (exact) mass is 441 g/mol. The van der Waals surface area contributed by atoms with Gasteiger partial charge < -0.3 is 0 Å². The first-order valence-electron chi connectivity index (χ1n) is 12.3. The van der Waals surface area contributed by atoms with E-state index in [1.54, 1.807) is 5.30 Å². The fraction of sp³-hybridized carbons (Fsp3) is 0.387. The normalized spacial score (nSPS) is 15.2. The van der Waals surface area contributed by atoms with Crippen molar-refractivity contribution in [3.8, 4) is 22.3 Å². The molecule has 0 saturated carbocycles. The Morgan fingerprint density at radius 1 is 0.719 bits per heavy atom. The molecule has 32 heavy (non-hydrogen) atoms. The molecule has 0 spiro atoms. The number of rotatable bonds is 5. The third kappa shape index (κ3) is 4.92. The number of hydrogen-bond donors (Lipinski definition) is 0. The maximum absolute atomic E-state index is 2.63. The average Bonchev–Trinajstić information content (AvgIpc) is 2.75. The van der Waals surface area contributed by atoms with E-state index in [1.165, 1.54) is 75.5 Å². The molecule has 0 N–H and O–H groups in total. The van der Waals surface area contributed by atoms with Crippen molar-refractivity contribution in [2.45, 2.75) is 67.2 Å².